The van der Waals surface area contributed by atoms with Gasteiger partial charge in [-0.15, -0.1) is 0 Å². The number of aliphatic imine (C=N–C) groups is 1. The van der Waals surface area contributed by atoms with Crippen LogP contribution in [0.3, 0.4) is 0 Å². The maximum absolute atomic E-state index is 12.1. The molecule has 2 aliphatic rings. The van der Waals surface area contributed by atoms with Gasteiger partial charge in [-0.1, -0.05) is 20.8 Å². The number of rotatable bonds is 3. The molecule has 1 unspecified atom stereocenters. The molecule has 2 heterocycles. The standard InChI is InChI=1S/C14H26N4O/c1-4-17-8-5-6-14(7-9-17)12(15)16-13(19)18(14)10-11(2)3/h11H,4-10H2,1-3H3,(H2,15,16,19). The van der Waals surface area contributed by atoms with Gasteiger partial charge < -0.3 is 15.5 Å². The Morgan fingerprint density at radius 1 is 1.37 bits per heavy atom. The average Bonchev–Trinajstić information content (AvgIpc) is 2.55. The third-order valence-corrected chi connectivity index (χ3v) is 4.34. The van der Waals surface area contributed by atoms with Crippen molar-refractivity contribution < 1.29 is 4.79 Å². The first-order chi connectivity index (χ1) is 8.99. The van der Waals surface area contributed by atoms with Crippen LogP contribution < -0.4 is 5.73 Å². The summed E-state index contributed by atoms with van der Waals surface area (Å²) in [5.41, 5.74) is 5.81. The van der Waals surface area contributed by atoms with Crippen molar-refractivity contribution in [2.45, 2.75) is 45.6 Å². The first kappa shape index (κ1) is 14.3. The zero-order valence-electron chi connectivity index (χ0n) is 12.4. The number of hydrogen-bond acceptors (Lipinski definition) is 3. The highest BCUT2D eigenvalue weighted by Gasteiger charge is 2.48. The summed E-state index contributed by atoms with van der Waals surface area (Å²) < 4.78 is 0. The van der Waals surface area contributed by atoms with Crippen molar-refractivity contribution in [3.63, 3.8) is 0 Å². The summed E-state index contributed by atoms with van der Waals surface area (Å²) in [5, 5.41) is 0. The molecule has 0 aliphatic carbocycles. The molecule has 2 rings (SSSR count). The average molecular weight is 266 g/mol. The van der Waals surface area contributed by atoms with Crippen LogP contribution in [0.5, 0.6) is 0 Å². The second-order valence-corrected chi connectivity index (χ2v) is 6.10. The summed E-state index contributed by atoms with van der Waals surface area (Å²) in [6, 6.07) is -0.142. The molecule has 5 nitrogen and oxygen atoms in total. The van der Waals surface area contributed by atoms with E-state index < -0.39 is 0 Å². The number of amidine groups is 1. The minimum Gasteiger partial charge on any atom is -0.385 e. The predicted molar refractivity (Wildman–Crippen MR) is 77.3 cm³/mol. The monoisotopic (exact) mass is 266 g/mol. The summed E-state index contributed by atoms with van der Waals surface area (Å²) in [7, 11) is 0. The minimum absolute atomic E-state index is 0.142. The lowest BCUT2D eigenvalue weighted by atomic mass is 9.87. The number of nitrogens with zero attached hydrogens (tertiary/aromatic N) is 3. The van der Waals surface area contributed by atoms with E-state index in [2.05, 4.69) is 30.7 Å². The molecule has 2 amide bonds. The Morgan fingerprint density at radius 3 is 2.74 bits per heavy atom. The van der Waals surface area contributed by atoms with E-state index in [1.54, 1.807) is 0 Å². The van der Waals surface area contributed by atoms with Crippen molar-refractivity contribution in [2.75, 3.05) is 26.2 Å². The second kappa shape index (κ2) is 5.49. The number of carbonyl (C=O) groups is 1. The maximum Gasteiger partial charge on any atom is 0.346 e. The van der Waals surface area contributed by atoms with E-state index in [0.29, 0.717) is 11.8 Å². The van der Waals surface area contributed by atoms with Gasteiger partial charge in [-0.2, -0.15) is 4.99 Å². The van der Waals surface area contributed by atoms with E-state index >= 15 is 0 Å². The van der Waals surface area contributed by atoms with E-state index in [-0.39, 0.29) is 11.6 Å². The Bertz CT molecular complexity index is 380. The van der Waals surface area contributed by atoms with Crippen LogP contribution in [-0.2, 0) is 0 Å². The first-order valence-corrected chi connectivity index (χ1v) is 7.38. The summed E-state index contributed by atoms with van der Waals surface area (Å²) in [5.74, 6) is 0.976. The Labute approximate surface area is 115 Å². The Balaban J connectivity index is 2.22. The van der Waals surface area contributed by atoms with E-state index in [9.17, 15) is 4.79 Å². The largest absolute Gasteiger partial charge is 0.385 e. The number of nitrogens with two attached hydrogens (primary N) is 1. The highest BCUT2D eigenvalue weighted by atomic mass is 16.2. The van der Waals surface area contributed by atoms with Crippen molar-refractivity contribution in [1.82, 2.24) is 9.80 Å². The summed E-state index contributed by atoms with van der Waals surface area (Å²) in [6.07, 6.45) is 2.93. The van der Waals surface area contributed by atoms with Gasteiger partial charge in [-0.3, -0.25) is 0 Å². The number of urea groups is 1. The predicted octanol–water partition coefficient (Wildman–Crippen LogP) is 1.68. The minimum atomic E-state index is -0.314. The smallest absolute Gasteiger partial charge is 0.346 e. The lowest BCUT2D eigenvalue weighted by Crippen LogP contribution is -2.55. The fourth-order valence-corrected chi connectivity index (χ4v) is 3.22. The lowest BCUT2D eigenvalue weighted by molar-refractivity contribution is 0.148. The summed E-state index contributed by atoms with van der Waals surface area (Å²) >= 11 is 0. The van der Waals surface area contributed by atoms with Crippen LogP contribution in [0.2, 0.25) is 0 Å². The number of likely N-dealkylation sites (tertiary alicyclic amines) is 1. The van der Waals surface area contributed by atoms with Crippen LogP contribution in [0.25, 0.3) is 0 Å². The SMILES string of the molecule is CCN1CCCC2(CC1)C(N)=NC(=O)N2CC(C)C. The topological polar surface area (TPSA) is 61.9 Å². The van der Waals surface area contributed by atoms with Gasteiger partial charge in [0.1, 0.15) is 11.4 Å². The quantitative estimate of drug-likeness (QED) is 0.845. The molecule has 108 valence electrons. The van der Waals surface area contributed by atoms with Crippen LogP contribution in [0, 0.1) is 5.92 Å². The van der Waals surface area contributed by atoms with E-state index in [0.717, 1.165) is 45.4 Å². The van der Waals surface area contributed by atoms with Gasteiger partial charge in [0.25, 0.3) is 0 Å². The lowest BCUT2D eigenvalue weighted by Gasteiger charge is -2.38. The van der Waals surface area contributed by atoms with E-state index in [1.807, 2.05) is 4.90 Å². The summed E-state index contributed by atoms with van der Waals surface area (Å²) in [6.45, 7) is 10.3. The molecule has 0 aromatic carbocycles. The number of carbonyl (C=O) groups excluding carboxylic acids is 1. The highest BCUT2D eigenvalue weighted by Crippen LogP contribution is 2.34. The molecule has 2 N–H and O–H groups in total. The van der Waals surface area contributed by atoms with Gasteiger partial charge in [0, 0.05) is 13.1 Å². The maximum atomic E-state index is 12.1. The second-order valence-electron chi connectivity index (χ2n) is 6.10. The molecule has 1 fully saturated rings. The molecule has 0 radical (unpaired) electrons. The van der Waals surface area contributed by atoms with Crippen molar-refractivity contribution in [1.29, 1.82) is 0 Å². The van der Waals surface area contributed by atoms with Crippen LogP contribution >= 0.6 is 0 Å². The number of hydrogen-bond donors (Lipinski definition) is 1. The van der Waals surface area contributed by atoms with Crippen LogP contribution in [0.1, 0.15) is 40.0 Å². The van der Waals surface area contributed by atoms with Crippen molar-refractivity contribution in [3.05, 3.63) is 0 Å². The zero-order chi connectivity index (χ0) is 14.0. The van der Waals surface area contributed by atoms with Crippen molar-refractivity contribution in [2.24, 2.45) is 16.6 Å². The van der Waals surface area contributed by atoms with Gasteiger partial charge in [0.15, 0.2) is 0 Å². The molecule has 1 atom stereocenters. The van der Waals surface area contributed by atoms with Gasteiger partial charge in [-0.05, 0) is 38.3 Å². The normalized spacial score (nSPS) is 29.2. The summed E-state index contributed by atoms with van der Waals surface area (Å²) in [4.78, 5) is 20.5. The van der Waals surface area contributed by atoms with Crippen molar-refractivity contribution in [3.8, 4) is 0 Å². The number of amides is 2. The zero-order valence-corrected chi connectivity index (χ0v) is 12.4. The molecule has 19 heavy (non-hydrogen) atoms. The highest BCUT2D eigenvalue weighted by molar-refractivity contribution is 6.05. The van der Waals surface area contributed by atoms with E-state index in [4.69, 9.17) is 5.73 Å². The molecule has 1 spiro atoms. The Hall–Kier alpha value is -1.10. The van der Waals surface area contributed by atoms with Gasteiger partial charge >= 0.3 is 6.03 Å². The molecule has 0 saturated carbocycles. The third kappa shape index (κ3) is 2.61. The molecular weight excluding hydrogens is 240 g/mol. The molecular formula is C14H26N4O. The van der Waals surface area contributed by atoms with Crippen LogP contribution in [-0.4, -0.2) is 53.4 Å². The fraction of sp³-hybridized carbons (Fsp3) is 0.857. The third-order valence-electron chi connectivity index (χ3n) is 4.34. The van der Waals surface area contributed by atoms with Crippen molar-refractivity contribution >= 4 is 11.9 Å². The molecule has 0 bridgehead atoms. The van der Waals surface area contributed by atoms with Gasteiger partial charge in [-0.25, -0.2) is 4.79 Å². The van der Waals surface area contributed by atoms with Gasteiger partial charge in [0.2, 0.25) is 0 Å². The molecule has 1 saturated heterocycles. The first-order valence-electron chi connectivity index (χ1n) is 7.38. The van der Waals surface area contributed by atoms with Crippen LogP contribution in [0.4, 0.5) is 4.79 Å². The Kier molecular flexibility index (Phi) is 4.13. The molecule has 0 aromatic heterocycles. The molecule has 0 aromatic rings. The van der Waals surface area contributed by atoms with E-state index in [1.165, 1.54) is 0 Å². The Morgan fingerprint density at radius 2 is 2.11 bits per heavy atom. The van der Waals surface area contributed by atoms with Gasteiger partial charge in [0.05, 0.1) is 0 Å². The van der Waals surface area contributed by atoms with Crippen LogP contribution in [0.15, 0.2) is 4.99 Å². The molecule has 2 aliphatic heterocycles. The molecule has 5 heteroatoms. The fourth-order valence-electron chi connectivity index (χ4n) is 3.22.